The summed E-state index contributed by atoms with van der Waals surface area (Å²) in [5.74, 6) is -0.508. The Morgan fingerprint density at radius 2 is 1.93 bits per heavy atom. The number of nitrogens with zero attached hydrogens (tertiary/aromatic N) is 2. The number of amides is 2. The van der Waals surface area contributed by atoms with E-state index in [-0.39, 0.29) is 37.3 Å². The molecule has 1 heterocycles. The number of rotatable bonds is 5. The molecule has 0 saturated carbocycles. The van der Waals surface area contributed by atoms with E-state index in [1.165, 1.54) is 34.1 Å². The molecule has 0 radical (unpaired) electrons. The molecule has 0 unspecified atom stereocenters. The minimum absolute atomic E-state index is 0.164. The molecule has 2 aromatic rings. The van der Waals surface area contributed by atoms with Crippen LogP contribution in [-0.2, 0) is 16.1 Å². The van der Waals surface area contributed by atoms with Crippen LogP contribution in [0.5, 0.6) is 11.5 Å². The lowest BCUT2D eigenvalue weighted by Gasteiger charge is -2.30. The van der Waals surface area contributed by atoms with Crippen molar-refractivity contribution in [2.75, 3.05) is 25.1 Å². The molecule has 6 nitrogen and oxygen atoms in total. The van der Waals surface area contributed by atoms with E-state index in [4.69, 9.17) is 4.74 Å². The van der Waals surface area contributed by atoms with Crippen molar-refractivity contribution in [3.05, 3.63) is 52.5 Å². The van der Waals surface area contributed by atoms with Crippen LogP contribution in [0.4, 0.5) is 18.9 Å². The molecular weight excluding hydrogens is 457 g/mol. The Morgan fingerprint density at radius 3 is 2.59 bits per heavy atom. The highest BCUT2D eigenvalue weighted by Crippen LogP contribution is 2.34. The van der Waals surface area contributed by atoms with Gasteiger partial charge >= 0.3 is 6.36 Å². The summed E-state index contributed by atoms with van der Waals surface area (Å²) >= 11 is 3.33. The van der Waals surface area contributed by atoms with Crippen molar-refractivity contribution in [2.24, 2.45) is 0 Å². The summed E-state index contributed by atoms with van der Waals surface area (Å²) in [6.07, 6.45) is -4.76. The Kier molecular flexibility index (Phi) is 6.02. The summed E-state index contributed by atoms with van der Waals surface area (Å²) in [7, 11) is 1.55. The highest BCUT2D eigenvalue weighted by molar-refractivity contribution is 9.10. The molecule has 0 fully saturated rings. The molecule has 1 aliphatic heterocycles. The van der Waals surface area contributed by atoms with Gasteiger partial charge in [0, 0.05) is 18.1 Å². The molecule has 0 spiro atoms. The predicted molar refractivity (Wildman–Crippen MR) is 102 cm³/mol. The van der Waals surface area contributed by atoms with E-state index in [0.717, 1.165) is 4.47 Å². The minimum atomic E-state index is -4.76. The maximum atomic E-state index is 12.6. The normalized spacial score (nSPS) is 13.6. The summed E-state index contributed by atoms with van der Waals surface area (Å²) in [5.41, 5.74) is 1.12. The molecule has 1 aliphatic rings. The molecule has 2 aromatic carbocycles. The van der Waals surface area contributed by atoms with Gasteiger partial charge in [-0.2, -0.15) is 0 Å². The first-order valence-electron chi connectivity index (χ1n) is 8.44. The second-order valence-electron chi connectivity index (χ2n) is 6.32. The van der Waals surface area contributed by atoms with Crippen molar-refractivity contribution in [1.29, 1.82) is 0 Å². The number of carbonyl (C=O) groups excluding carboxylic acids is 2. The lowest BCUT2D eigenvalue weighted by atomic mass is 10.2. The zero-order valence-corrected chi connectivity index (χ0v) is 16.8. The number of likely N-dealkylation sites (N-methyl/N-ethyl adjacent to an activating group) is 1. The number of hydrogen-bond acceptors (Lipinski definition) is 4. The zero-order valence-electron chi connectivity index (χ0n) is 15.2. The van der Waals surface area contributed by atoms with Crippen LogP contribution in [0.3, 0.4) is 0 Å². The first-order chi connectivity index (χ1) is 13.6. The Labute approximate surface area is 172 Å². The fraction of sp³-hybridized carbons (Fsp3) is 0.263. The van der Waals surface area contributed by atoms with E-state index >= 15 is 0 Å². The smallest absolute Gasteiger partial charge is 0.482 e. The number of carbonyl (C=O) groups is 2. The molecule has 10 heteroatoms. The van der Waals surface area contributed by atoms with Gasteiger partial charge in [0.05, 0.1) is 5.69 Å². The molecular formula is C19H16BrF3N2O4. The molecule has 0 saturated heterocycles. The summed E-state index contributed by atoms with van der Waals surface area (Å²) in [4.78, 5) is 27.6. The number of fused-ring (bicyclic) bond motifs is 1. The molecule has 0 bridgehead atoms. The summed E-state index contributed by atoms with van der Waals surface area (Å²) in [6.45, 7) is -0.180. The van der Waals surface area contributed by atoms with Crippen molar-refractivity contribution in [3.63, 3.8) is 0 Å². The largest absolute Gasteiger partial charge is 0.573 e. The van der Waals surface area contributed by atoms with Crippen molar-refractivity contribution in [3.8, 4) is 11.5 Å². The fourth-order valence-electron chi connectivity index (χ4n) is 2.77. The number of ether oxygens (including phenoxy) is 2. The second kappa shape index (κ2) is 8.32. The Balaban J connectivity index is 1.65. The van der Waals surface area contributed by atoms with Crippen molar-refractivity contribution >= 4 is 33.4 Å². The topological polar surface area (TPSA) is 59.1 Å². The molecule has 0 atom stereocenters. The number of hydrogen-bond donors (Lipinski definition) is 0. The van der Waals surface area contributed by atoms with Crippen LogP contribution in [0.25, 0.3) is 0 Å². The number of alkyl halides is 3. The Hall–Kier alpha value is -2.75. The van der Waals surface area contributed by atoms with Gasteiger partial charge in [-0.3, -0.25) is 14.5 Å². The quantitative estimate of drug-likeness (QED) is 0.665. The third kappa shape index (κ3) is 5.41. The summed E-state index contributed by atoms with van der Waals surface area (Å²) < 4.78 is 46.7. The first kappa shape index (κ1) is 21.0. The van der Waals surface area contributed by atoms with Crippen molar-refractivity contribution < 1.29 is 32.2 Å². The van der Waals surface area contributed by atoms with Crippen LogP contribution in [0.2, 0.25) is 0 Å². The van der Waals surface area contributed by atoms with Gasteiger partial charge < -0.3 is 14.4 Å². The average molecular weight is 473 g/mol. The maximum Gasteiger partial charge on any atom is 0.573 e. The van der Waals surface area contributed by atoms with Gasteiger partial charge in [-0.1, -0.05) is 28.1 Å². The highest BCUT2D eigenvalue weighted by atomic mass is 79.9. The summed E-state index contributed by atoms with van der Waals surface area (Å²) in [6, 6.07) is 10.4. The number of anilines is 1. The molecule has 0 N–H and O–H groups in total. The molecule has 0 aliphatic carbocycles. The fourth-order valence-corrected chi connectivity index (χ4v) is 3.11. The van der Waals surface area contributed by atoms with Crippen LogP contribution in [-0.4, -0.2) is 43.3 Å². The van der Waals surface area contributed by atoms with Gasteiger partial charge in [-0.15, -0.1) is 13.2 Å². The van der Waals surface area contributed by atoms with Gasteiger partial charge in [0.15, 0.2) is 6.61 Å². The maximum absolute atomic E-state index is 12.6. The summed E-state index contributed by atoms with van der Waals surface area (Å²) in [5, 5.41) is 0. The molecule has 3 rings (SSSR count). The van der Waals surface area contributed by atoms with Gasteiger partial charge in [0.1, 0.15) is 18.0 Å². The van der Waals surface area contributed by atoms with E-state index in [9.17, 15) is 22.8 Å². The zero-order chi connectivity index (χ0) is 21.2. The highest BCUT2D eigenvalue weighted by Gasteiger charge is 2.31. The van der Waals surface area contributed by atoms with E-state index in [2.05, 4.69) is 20.7 Å². The van der Waals surface area contributed by atoms with E-state index < -0.39 is 6.36 Å². The molecule has 2 amide bonds. The van der Waals surface area contributed by atoms with Crippen LogP contribution in [0, 0.1) is 0 Å². The SMILES string of the molecule is CN(Cc1ccc(OC(F)(F)F)cc1)C(=O)CN1C(=O)COc2cc(Br)ccc21. The van der Waals surface area contributed by atoms with Crippen molar-refractivity contribution in [2.45, 2.75) is 12.9 Å². The van der Waals surface area contributed by atoms with Gasteiger partial charge in [0.2, 0.25) is 5.91 Å². The molecule has 0 aromatic heterocycles. The minimum Gasteiger partial charge on any atom is -0.482 e. The standard InChI is InChI=1S/C19H16BrF3N2O4/c1-24(9-12-2-5-14(6-3-12)29-19(21,22)23)17(26)10-25-15-7-4-13(20)8-16(15)28-11-18(25)27/h2-8H,9-11H2,1H3. The third-order valence-electron chi connectivity index (χ3n) is 4.16. The van der Waals surface area contributed by atoms with Gasteiger partial charge in [-0.25, -0.2) is 0 Å². The van der Waals surface area contributed by atoms with Gasteiger partial charge in [0.25, 0.3) is 5.91 Å². The van der Waals surface area contributed by atoms with E-state index in [1.54, 1.807) is 25.2 Å². The molecule has 154 valence electrons. The number of halogens is 4. The lowest BCUT2D eigenvalue weighted by molar-refractivity contribution is -0.274. The Bertz CT molecular complexity index is 919. The predicted octanol–water partition coefficient (Wildman–Crippen LogP) is 3.73. The second-order valence-corrected chi connectivity index (χ2v) is 7.24. The monoisotopic (exact) mass is 472 g/mol. The van der Waals surface area contributed by atoms with Crippen LogP contribution in [0.1, 0.15) is 5.56 Å². The van der Waals surface area contributed by atoms with Crippen LogP contribution < -0.4 is 14.4 Å². The lowest BCUT2D eigenvalue weighted by Crippen LogP contribution is -2.45. The molecule has 29 heavy (non-hydrogen) atoms. The number of benzene rings is 2. The Morgan fingerprint density at radius 1 is 1.24 bits per heavy atom. The van der Waals surface area contributed by atoms with Crippen LogP contribution >= 0.6 is 15.9 Å². The van der Waals surface area contributed by atoms with Crippen LogP contribution in [0.15, 0.2) is 46.9 Å². The average Bonchev–Trinajstić information content (AvgIpc) is 2.64. The third-order valence-corrected chi connectivity index (χ3v) is 4.65. The van der Waals surface area contributed by atoms with E-state index in [0.29, 0.717) is 17.0 Å². The van der Waals surface area contributed by atoms with Crippen molar-refractivity contribution in [1.82, 2.24) is 4.90 Å². The van der Waals surface area contributed by atoms with Gasteiger partial charge in [-0.05, 0) is 35.9 Å². The first-order valence-corrected chi connectivity index (χ1v) is 9.23. The van der Waals surface area contributed by atoms with E-state index in [1.807, 2.05) is 0 Å².